The molecule has 2 heterocycles. The third kappa shape index (κ3) is 5.81. The summed E-state index contributed by atoms with van der Waals surface area (Å²) in [4.78, 5) is 8.32. The van der Waals surface area contributed by atoms with Crippen molar-refractivity contribution < 1.29 is 13.5 Å². The summed E-state index contributed by atoms with van der Waals surface area (Å²) in [6.45, 7) is 0.739. The van der Waals surface area contributed by atoms with Gasteiger partial charge in [-0.2, -0.15) is 11.8 Å². The zero-order valence-electron chi connectivity index (χ0n) is 16.3. The van der Waals surface area contributed by atoms with E-state index in [-0.39, 0.29) is 11.3 Å². The lowest BCUT2D eigenvalue weighted by atomic mass is 10.0. The van der Waals surface area contributed by atoms with Crippen LogP contribution in [0.5, 0.6) is 5.75 Å². The molecule has 3 N–H and O–H groups in total. The molecule has 158 valence electrons. The Kier molecular flexibility index (Phi) is 7.84. The summed E-state index contributed by atoms with van der Waals surface area (Å²) in [6.07, 6.45) is 3.68. The van der Waals surface area contributed by atoms with Gasteiger partial charge < -0.3 is 15.8 Å². The molecule has 0 saturated heterocycles. The van der Waals surface area contributed by atoms with Crippen LogP contribution in [0.15, 0.2) is 42.6 Å². The zero-order valence-corrected chi connectivity index (χ0v) is 17.9. The number of nitrogens with two attached hydrogens (primary N) is 1. The third-order valence-electron chi connectivity index (χ3n) is 4.12. The van der Waals surface area contributed by atoms with Crippen molar-refractivity contribution in [2.24, 2.45) is 5.73 Å². The minimum atomic E-state index is -0.557. The van der Waals surface area contributed by atoms with Crippen LogP contribution in [0.3, 0.4) is 0 Å². The van der Waals surface area contributed by atoms with E-state index in [1.54, 1.807) is 17.8 Å². The van der Waals surface area contributed by atoms with Gasteiger partial charge >= 0.3 is 0 Å². The first kappa shape index (κ1) is 22.3. The van der Waals surface area contributed by atoms with E-state index < -0.39 is 11.6 Å². The number of halogens is 3. The molecule has 0 aliphatic carbocycles. The molecule has 0 fully saturated rings. The van der Waals surface area contributed by atoms with Crippen LogP contribution in [0, 0.1) is 11.6 Å². The molecule has 0 spiro atoms. The predicted octanol–water partition coefficient (Wildman–Crippen LogP) is 5.41. The highest BCUT2D eigenvalue weighted by atomic mass is 35.5. The standard InChI is InChI=1S/C21H21ClF2N4OS/c1-30-12-13-7-19(22)27-21(8-13)28-20-10-16(17(24)11-26-20)15-4-3-14(23)9-18(15)29-6-2-5-25/h3-4,7-11H,2,5-6,12,25H2,1H3,(H,26,27,28). The van der Waals surface area contributed by atoms with Crippen LogP contribution in [-0.4, -0.2) is 29.4 Å². The number of rotatable bonds is 9. The van der Waals surface area contributed by atoms with Gasteiger partial charge in [-0.25, -0.2) is 18.7 Å². The maximum atomic E-state index is 14.6. The largest absolute Gasteiger partial charge is 0.493 e. The monoisotopic (exact) mass is 450 g/mol. The average molecular weight is 451 g/mol. The van der Waals surface area contributed by atoms with Crippen molar-refractivity contribution in [3.8, 4) is 16.9 Å². The van der Waals surface area contributed by atoms with Crippen LogP contribution in [0.2, 0.25) is 5.15 Å². The summed E-state index contributed by atoms with van der Waals surface area (Å²) in [5.41, 5.74) is 7.12. The highest BCUT2D eigenvalue weighted by Gasteiger charge is 2.14. The molecule has 0 bridgehead atoms. The molecule has 0 aliphatic rings. The minimum Gasteiger partial charge on any atom is -0.493 e. The molecule has 0 radical (unpaired) electrons. The SMILES string of the molecule is CSCc1cc(Cl)nc(Nc2cc(-c3ccc(F)cc3OCCCN)c(F)cn2)c1. The lowest BCUT2D eigenvalue weighted by Gasteiger charge is -2.14. The zero-order chi connectivity index (χ0) is 21.5. The van der Waals surface area contributed by atoms with Crippen molar-refractivity contribution >= 4 is 35.0 Å². The number of pyridine rings is 2. The summed E-state index contributed by atoms with van der Waals surface area (Å²) in [5, 5.41) is 3.40. The van der Waals surface area contributed by atoms with Gasteiger partial charge in [-0.1, -0.05) is 11.6 Å². The highest BCUT2D eigenvalue weighted by molar-refractivity contribution is 7.97. The maximum absolute atomic E-state index is 14.6. The molecular formula is C21H21ClF2N4OS. The molecule has 2 aromatic heterocycles. The minimum absolute atomic E-state index is 0.224. The summed E-state index contributed by atoms with van der Waals surface area (Å²) in [6, 6.07) is 9.12. The van der Waals surface area contributed by atoms with Gasteiger partial charge in [-0.05, 0) is 55.1 Å². The number of benzene rings is 1. The summed E-state index contributed by atoms with van der Waals surface area (Å²) in [5.74, 6) is 0.848. The molecule has 0 amide bonds. The number of nitrogens with zero attached hydrogens (tertiary/aromatic N) is 2. The Hall–Kier alpha value is -2.42. The van der Waals surface area contributed by atoms with Crippen molar-refractivity contribution in [2.75, 3.05) is 24.7 Å². The van der Waals surface area contributed by atoms with E-state index in [4.69, 9.17) is 22.1 Å². The molecular weight excluding hydrogens is 430 g/mol. The second kappa shape index (κ2) is 10.6. The molecule has 30 heavy (non-hydrogen) atoms. The van der Waals surface area contributed by atoms with Gasteiger partial charge in [0.2, 0.25) is 0 Å². The normalized spacial score (nSPS) is 10.8. The Morgan fingerprint density at radius 2 is 1.97 bits per heavy atom. The average Bonchev–Trinajstić information content (AvgIpc) is 2.70. The van der Waals surface area contributed by atoms with Crippen molar-refractivity contribution in [1.29, 1.82) is 0 Å². The summed E-state index contributed by atoms with van der Waals surface area (Å²) in [7, 11) is 0. The first-order valence-corrected chi connectivity index (χ1v) is 11.0. The van der Waals surface area contributed by atoms with Crippen LogP contribution in [0.4, 0.5) is 20.4 Å². The summed E-state index contributed by atoms with van der Waals surface area (Å²) < 4.78 is 33.9. The quantitative estimate of drug-likeness (QED) is 0.335. The van der Waals surface area contributed by atoms with E-state index in [1.165, 1.54) is 24.3 Å². The third-order valence-corrected chi connectivity index (χ3v) is 4.93. The number of nitrogens with one attached hydrogen (secondary N) is 1. The second-order valence-corrected chi connectivity index (χ2v) is 7.68. The van der Waals surface area contributed by atoms with Crippen LogP contribution in [0.1, 0.15) is 12.0 Å². The lowest BCUT2D eigenvalue weighted by Crippen LogP contribution is -2.07. The van der Waals surface area contributed by atoms with E-state index in [0.717, 1.165) is 17.5 Å². The Labute approximate surface area is 183 Å². The van der Waals surface area contributed by atoms with Crippen LogP contribution in [-0.2, 0) is 5.75 Å². The maximum Gasteiger partial charge on any atom is 0.149 e. The number of ether oxygens (including phenoxy) is 1. The Morgan fingerprint density at radius 1 is 1.13 bits per heavy atom. The Balaban J connectivity index is 1.93. The van der Waals surface area contributed by atoms with Crippen LogP contribution in [0.25, 0.3) is 11.1 Å². The second-order valence-electron chi connectivity index (χ2n) is 6.42. The van der Waals surface area contributed by atoms with E-state index in [2.05, 4.69) is 15.3 Å². The van der Waals surface area contributed by atoms with Gasteiger partial charge in [0, 0.05) is 22.9 Å². The fraction of sp³-hybridized carbons (Fsp3) is 0.238. The van der Waals surface area contributed by atoms with Gasteiger partial charge in [0.05, 0.1) is 12.8 Å². The van der Waals surface area contributed by atoms with E-state index >= 15 is 0 Å². The fourth-order valence-electron chi connectivity index (χ4n) is 2.81. The van der Waals surface area contributed by atoms with Gasteiger partial charge in [0.1, 0.15) is 34.2 Å². The molecule has 0 aliphatic heterocycles. The topological polar surface area (TPSA) is 73.1 Å². The van der Waals surface area contributed by atoms with Crippen molar-refractivity contribution in [3.63, 3.8) is 0 Å². The molecule has 0 saturated carbocycles. The molecule has 3 rings (SSSR count). The molecule has 0 unspecified atom stereocenters. The number of hydrogen-bond donors (Lipinski definition) is 2. The smallest absolute Gasteiger partial charge is 0.149 e. The van der Waals surface area contributed by atoms with E-state index in [9.17, 15) is 8.78 Å². The lowest BCUT2D eigenvalue weighted by molar-refractivity contribution is 0.313. The highest BCUT2D eigenvalue weighted by Crippen LogP contribution is 2.34. The molecule has 3 aromatic rings. The van der Waals surface area contributed by atoms with E-state index in [1.807, 2.05) is 12.3 Å². The fourth-order valence-corrected chi connectivity index (χ4v) is 3.54. The summed E-state index contributed by atoms with van der Waals surface area (Å²) >= 11 is 7.76. The number of hydrogen-bond acceptors (Lipinski definition) is 6. The van der Waals surface area contributed by atoms with Crippen LogP contribution >= 0.6 is 23.4 Å². The van der Waals surface area contributed by atoms with Gasteiger partial charge in [-0.3, -0.25) is 0 Å². The van der Waals surface area contributed by atoms with Gasteiger partial charge in [-0.15, -0.1) is 0 Å². The van der Waals surface area contributed by atoms with Gasteiger partial charge in [0.25, 0.3) is 0 Å². The molecule has 9 heteroatoms. The van der Waals surface area contributed by atoms with Crippen molar-refractivity contribution in [1.82, 2.24) is 9.97 Å². The molecule has 5 nitrogen and oxygen atoms in total. The number of anilines is 2. The molecule has 1 aromatic carbocycles. The molecule has 0 atom stereocenters. The number of aromatic nitrogens is 2. The first-order chi connectivity index (χ1) is 14.5. The van der Waals surface area contributed by atoms with Crippen molar-refractivity contribution in [3.05, 3.63) is 64.9 Å². The predicted molar refractivity (Wildman–Crippen MR) is 119 cm³/mol. The number of thioether (sulfide) groups is 1. The van der Waals surface area contributed by atoms with Crippen molar-refractivity contribution in [2.45, 2.75) is 12.2 Å². The van der Waals surface area contributed by atoms with Gasteiger partial charge in [0.15, 0.2) is 0 Å². The van der Waals surface area contributed by atoms with E-state index in [0.29, 0.717) is 41.9 Å². The Bertz CT molecular complexity index is 1020. The van der Waals surface area contributed by atoms with Crippen LogP contribution < -0.4 is 15.8 Å². The Morgan fingerprint density at radius 3 is 2.73 bits per heavy atom. The first-order valence-electron chi connectivity index (χ1n) is 9.21.